The van der Waals surface area contributed by atoms with E-state index in [0.717, 1.165) is 25.6 Å². The van der Waals surface area contributed by atoms with Gasteiger partial charge in [0.15, 0.2) is 0 Å². The minimum Gasteiger partial charge on any atom is -0.377 e. The molecule has 136 valence electrons. The lowest BCUT2D eigenvalue weighted by Gasteiger charge is -2.29. The number of hydrogen-bond donors (Lipinski definition) is 1. The summed E-state index contributed by atoms with van der Waals surface area (Å²) in [5.74, 6) is 0. The van der Waals surface area contributed by atoms with Gasteiger partial charge in [-0.25, -0.2) is 0 Å². The first-order chi connectivity index (χ1) is 11.6. The molecule has 1 rings (SSSR count). The lowest BCUT2D eigenvalue weighted by Crippen LogP contribution is -2.44. The van der Waals surface area contributed by atoms with Crippen molar-refractivity contribution in [1.82, 2.24) is 4.90 Å². The average molecular weight is 353 g/mol. The van der Waals surface area contributed by atoms with Crippen molar-refractivity contribution in [1.29, 1.82) is 0 Å². The first-order valence-corrected chi connectivity index (χ1v) is 10.4. The van der Waals surface area contributed by atoms with Gasteiger partial charge < -0.3 is 19.0 Å². The van der Waals surface area contributed by atoms with Gasteiger partial charge in [0, 0.05) is 46.5 Å². The Kier molecular flexibility index (Phi) is 10.1. The van der Waals surface area contributed by atoms with E-state index in [1.54, 1.807) is 21.3 Å². The molecule has 0 aromatic heterocycles. The number of nitrogens with zero attached hydrogens (tertiary/aromatic N) is 1. The van der Waals surface area contributed by atoms with Crippen molar-refractivity contribution in [3.63, 3.8) is 0 Å². The largest absolute Gasteiger partial charge is 0.500 e. The molecule has 0 aliphatic rings. The Morgan fingerprint density at radius 1 is 1.08 bits per heavy atom. The summed E-state index contributed by atoms with van der Waals surface area (Å²) >= 11 is 0. The Balaban J connectivity index is 2.57. The summed E-state index contributed by atoms with van der Waals surface area (Å²) in [4.78, 5) is 2.37. The third kappa shape index (κ3) is 6.84. The average Bonchev–Trinajstić information content (AvgIpc) is 2.64. The summed E-state index contributed by atoms with van der Waals surface area (Å²) in [7, 11) is 2.48. The molecular formula is C18H32N2O3Si. The number of hydrogen-bond acceptors (Lipinski definition) is 5. The third-order valence-electron chi connectivity index (χ3n) is 4.22. The molecule has 0 spiro atoms. The van der Waals surface area contributed by atoms with E-state index < -0.39 is 8.80 Å². The van der Waals surface area contributed by atoms with Crippen molar-refractivity contribution in [3.05, 3.63) is 42.0 Å². The minimum absolute atomic E-state index is 0.317. The fraction of sp³-hybridized carbons (Fsp3) is 0.556. The number of rotatable bonds is 12. The molecule has 0 heterocycles. The van der Waals surface area contributed by atoms with Crippen LogP contribution in [0, 0.1) is 0 Å². The second-order valence-electron chi connectivity index (χ2n) is 5.73. The van der Waals surface area contributed by atoms with Crippen LogP contribution < -0.4 is 5.73 Å². The zero-order chi connectivity index (χ0) is 17.8. The maximum atomic E-state index is 5.78. The van der Waals surface area contributed by atoms with E-state index in [2.05, 4.69) is 36.1 Å². The smallest absolute Gasteiger partial charge is 0.377 e. The predicted octanol–water partition coefficient (Wildman–Crippen LogP) is 2.62. The summed E-state index contributed by atoms with van der Waals surface area (Å²) in [6, 6.07) is 11.4. The summed E-state index contributed by atoms with van der Waals surface area (Å²) in [5, 5.41) is 0. The van der Waals surface area contributed by atoms with Gasteiger partial charge in [-0.15, -0.1) is 0 Å². The second kappa shape index (κ2) is 11.5. The van der Waals surface area contributed by atoms with Gasteiger partial charge in [-0.1, -0.05) is 42.5 Å². The molecule has 0 saturated carbocycles. The molecule has 0 fully saturated rings. The Morgan fingerprint density at radius 2 is 1.71 bits per heavy atom. The van der Waals surface area contributed by atoms with Gasteiger partial charge in [-0.05, 0) is 25.5 Å². The van der Waals surface area contributed by atoms with E-state index in [9.17, 15) is 0 Å². The van der Waals surface area contributed by atoms with Crippen molar-refractivity contribution in [2.75, 3.05) is 41.0 Å². The lowest BCUT2D eigenvalue weighted by atomic mass is 10.1. The van der Waals surface area contributed by atoms with Crippen molar-refractivity contribution in [2.24, 2.45) is 5.73 Å². The fourth-order valence-corrected chi connectivity index (χ4v) is 4.38. The quantitative estimate of drug-likeness (QED) is 0.586. The monoisotopic (exact) mass is 352 g/mol. The van der Waals surface area contributed by atoms with Crippen LogP contribution in [0.1, 0.15) is 18.9 Å². The normalized spacial score (nSPS) is 13.8. The van der Waals surface area contributed by atoms with Gasteiger partial charge in [0.2, 0.25) is 0 Å². The Morgan fingerprint density at radius 3 is 2.25 bits per heavy atom. The molecule has 0 amide bonds. The van der Waals surface area contributed by atoms with Crippen molar-refractivity contribution < 1.29 is 13.3 Å². The highest BCUT2D eigenvalue weighted by atomic mass is 28.4. The highest BCUT2D eigenvalue weighted by molar-refractivity contribution is 6.60. The molecule has 1 unspecified atom stereocenters. The van der Waals surface area contributed by atoms with Gasteiger partial charge in [-0.3, -0.25) is 4.90 Å². The Hall–Kier alpha value is -1.02. The SMILES string of the molecule is CO[Si](CCCN(CCN)C(C)/C=C/c1ccccc1)(OC)OC. The van der Waals surface area contributed by atoms with E-state index in [1.165, 1.54) is 5.56 Å². The molecule has 0 aliphatic heterocycles. The van der Waals surface area contributed by atoms with Gasteiger partial charge in [0.25, 0.3) is 0 Å². The fourth-order valence-electron chi connectivity index (χ4n) is 2.68. The molecule has 1 aromatic carbocycles. The van der Waals surface area contributed by atoms with Crippen molar-refractivity contribution in [3.8, 4) is 0 Å². The highest BCUT2D eigenvalue weighted by Crippen LogP contribution is 2.16. The van der Waals surface area contributed by atoms with Gasteiger partial charge in [-0.2, -0.15) is 0 Å². The summed E-state index contributed by atoms with van der Waals surface area (Å²) < 4.78 is 16.4. The van der Waals surface area contributed by atoms with Crippen LogP contribution >= 0.6 is 0 Å². The first kappa shape index (κ1) is 21.0. The van der Waals surface area contributed by atoms with E-state index in [4.69, 9.17) is 19.0 Å². The van der Waals surface area contributed by atoms with Crippen LogP contribution in [0.15, 0.2) is 36.4 Å². The van der Waals surface area contributed by atoms with Crippen LogP contribution in [0.25, 0.3) is 6.08 Å². The van der Waals surface area contributed by atoms with Crippen molar-refractivity contribution in [2.45, 2.75) is 25.4 Å². The van der Waals surface area contributed by atoms with Crippen LogP contribution in [0.5, 0.6) is 0 Å². The molecule has 24 heavy (non-hydrogen) atoms. The molecule has 0 radical (unpaired) electrons. The van der Waals surface area contributed by atoms with Crippen LogP contribution in [0.3, 0.4) is 0 Å². The minimum atomic E-state index is -2.49. The standard InChI is InChI=1S/C18H32N2O3Si/c1-17(11-12-18-9-6-5-7-10-18)20(15-13-19)14-8-16-24(21-2,22-3)23-4/h5-7,9-12,17H,8,13-16,19H2,1-4H3/b12-11+. The van der Waals surface area contributed by atoms with E-state index in [0.29, 0.717) is 12.6 Å². The molecule has 6 heteroatoms. The predicted molar refractivity (Wildman–Crippen MR) is 102 cm³/mol. The van der Waals surface area contributed by atoms with E-state index in [-0.39, 0.29) is 0 Å². The summed E-state index contributed by atoms with van der Waals surface area (Å²) in [5.41, 5.74) is 6.99. The van der Waals surface area contributed by atoms with E-state index in [1.807, 2.05) is 18.2 Å². The van der Waals surface area contributed by atoms with Crippen LogP contribution in [0.4, 0.5) is 0 Å². The molecule has 1 aromatic rings. The maximum Gasteiger partial charge on any atom is 0.500 e. The molecule has 0 aliphatic carbocycles. The van der Waals surface area contributed by atoms with Crippen LogP contribution in [0.2, 0.25) is 6.04 Å². The zero-order valence-corrected chi connectivity index (χ0v) is 16.4. The highest BCUT2D eigenvalue weighted by Gasteiger charge is 2.37. The lowest BCUT2D eigenvalue weighted by molar-refractivity contribution is 0.121. The van der Waals surface area contributed by atoms with E-state index >= 15 is 0 Å². The molecule has 2 N–H and O–H groups in total. The Labute approximate surface area is 147 Å². The van der Waals surface area contributed by atoms with Crippen LogP contribution in [-0.2, 0) is 13.3 Å². The number of benzene rings is 1. The molecular weight excluding hydrogens is 320 g/mol. The second-order valence-corrected chi connectivity index (χ2v) is 8.82. The zero-order valence-electron chi connectivity index (χ0n) is 15.4. The van der Waals surface area contributed by atoms with Gasteiger partial charge in [0.05, 0.1) is 0 Å². The summed E-state index contributed by atoms with van der Waals surface area (Å²) in [6.07, 6.45) is 5.33. The summed E-state index contributed by atoms with van der Waals surface area (Å²) in [6.45, 7) is 4.64. The first-order valence-electron chi connectivity index (χ1n) is 8.43. The third-order valence-corrected chi connectivity index (χ3v) is 7.05. The topological polar surface area (TPSA) is 57.0 Å². The molecule has 0 saturated heterocycles. The Bertz CT molecular complexity index is 458. The molecule has 5 nitrogen and oxygen atoms in total. The van der Waals surface area contributed by atoms with Crippen molar-refractivity contribution >= 4 is 14.9 Å². The molecule has 1 atom stereocenters. The molecule has 0 bridgehead atoms. The maximum absolute atomic E-state index is 5.78. The van der Waals surface area contributed by atoms with Gasteiger partial charge >= 0.3 is 8.80 Å². The van der Waals surface area contributed by atoms with Gasteiger partial charge in [0.1, 0.15) is 0 Å². The van der Waals surface area contributed by atoms with Crippen LogP contribution in [-0.4, -0.2) is 60.7 Å². The number of nitrogens with two attached hydrogens (primary N) is 1.